The number of halogens is 3. The van der Waals surface area contributed by atoms with E-state index >= 15 is 0 Å². The van der Waals surface area contributed by atoms with Crippen molar-refractivity contribution >= 4 is 34.4 Å². The fraction of sp³-hybridized carbons (Fsp3) is 0.350. The maximum absolute atomic E-state index is 13.4. The molecule has 3 rings (SSSR count). The van der Waals surface area contributed by atoms with E-state index in [2.05, 4.69) is 19.4 Å². The summed E-state index contributed by atoms with van der Waals surface area (Å²) in [6.45, 7) is 3.67. The number of amides is 1. The van der Waals surface area contributed by atoms with Gasteiger partial charge < -0.3 is 25.1 Å². The summed E-state index contributed by atoms with van der Waals surface area (Å²) in [4.78, 5) is 13.3. The first-order chi connectivity index (χ1) is 15.4. The van der Waals surface area contributed by atoms with Gasteiger partial charge in [0.1, 0.15) is 11.5 Å². The van der Waals surface area contributed by atoms with E-state index in [1.165, 1.54) is 14.1 Å². The molecule has 1 amide bonds. The van der Waals surface area contributed by atoms with Crippen molar-refractivity contribution in [1.29, 1.82) is 0 Å². The number of carbonyl (C=O) groups excluding carboxylic acids is 1. The van der Waals surface area contributed by atoms with Gasteiger partial charge in [-0.05, 0) is 37.6 Å². The molecule has 2 atom stereocenters. The van der Waals surface area contributed by atoms with Crippen molar-refractivity contribution in [2.24, 2.45) is 8.80 Å². The highest BCUT2D eigenvalue weighted by Gasteiger charge is 2.38. The highest BCUT2D eigenvalue weighted by Crippen LogP contribution is 2.40. The van der Waals surface area contributed by atoms with Gasteiger partial charge in [0.15, 0.2) is 17.4 Å². The van der Waals surface area contributed by atoms with Crippen molar-refractivity contribution < 1.29 is 31.7 Å². The van der Waals surface area contributed by atoms with Crippen LogP contribution in [0, 0.1) is 6.92 Å². The highest BCUT2D eigenvalue weighted by molar-refractivity contribution is 7.83. The lowest BCUT2D eigenvalue weighted by Crippen LogP contribution is -2.36. The molecule has 9 nitrogen and oxygen atoms in total. The molecule has 1 aromatic heterocycles. The summed E-state index contributed by atoms with van der Waals surface area (Å²) >= 11 is -1.99. The van der Waals surface area contributed by atoms with E-state index in [0.29, 0.717) is 24.0 Å². The Hall–Kier alpha value is -3.35. The Kier molecular flexibility index (Phi) is 6.81. The largest absolute Gasteiger partial charge is 0.505 e. The fourth-order valence-electron chi connectivity index (χ4n) is 3.12. The zero-order chi connectivity index (χ0) is 24.5. The molecule has 1 aliphatic heterocycles. The Morgan fingerprint density at radius 3 is 2.42 bits per heavy atom. The molecule has 0 spiro atoms. The smallest absolute Gasteiger partial charge is 0.417 e. The molecule has 0 saturated carbocycles. The normalized spacial score (nSPS) is 16.8. The summed E-state index contributed by atoms with van der Waals surface area (Å²) in [6, 6.07) is 4.83. The van der Waals surface area contributed by atoms with Gasteiger partial charge >= 0.3 is 6.18 Å². The van der Waals surface area contributed by atoms with Crippen LogP contribution in [0.3, 0.4) is 0 Å². The minimum absolute atomic E-state index is 0.0639. The SMILES string of the molecule is CC[C@@H](NC1=NS(=O)N=C1Nc1ccc(C(F)(F)F)c(C(=O)N(C)C)c1O)c1ccc(C)o1. The van der Waals surface area contributed by atoms with Gasteiger partial charge in [0, 0.05) is 14.1 Å². The minimum atomic E-state index is -4.87. The number of hydrogen-bond acceptors (Lipinski definition) is 6. The number of benzene rings is 1. The molecule has 178 valence electrons. The molecule has 33 heavy (non-hydrogen) atoms. The van der Waals surface area contributed by atoms with Gasteiger partial charge in [-0.25, -0.2) is 4.21 Å². The number of anilines is 1. The number of phenolic OH excluding ortho intramolecular Hbond substituents is 1. The molecule has 0 aliphatic carbocycles. The topological polar surface area (TPSA) is 120 Å². The second-order valence-corrected chi connectivity index (χ2v) is 8.20. The molecule has 0 fully saturated rings. The van der Waals surface area contributed by atoms with Crippen LogP contribution in [0.25, 0.3) is 0 Å². The Morgan fingerprint density at radius 2 is 1.88 bits per heavy atom. The summed E-state index contributed by atoms with van der Waals surface area (Å²) in [6.07, 6.45) is -4.30. The van der Waals surface area contributed by atoms with Crippen LogP contribution in [-0.2, 0) is 17.3 Å². The lowest BCUT2D eigenvalue weighted by Gasteiger charge is -2.20. The number of rotatable bonds is 5. The van der Waals surface area contributed by atoms with E-state index in [4.69, 9.17) is 4.42 Å². The van der Waals surface area contributed by atoms with Crippen molar-refractivity contribution in [3.63, 3.8) is 0 Å². The molecule has 0 radical (unpaired) electrons. The van der Waals surface area contributed by atoms with Crippen molar-refractivity contribution in [3.05, 3.63) is 46.9 Å². The predicted molar refractivity (Wildman–Crippen MR) is 117 cm³/mol. The monoisotopic (exact) mass is 485 g/mol. The molecule has 3 N–H and O–H groups in total. The van der Waals surface area contributed by atoms with Gasteiger partial charge in [-0.1, -0.05) is 6.92 Å². The Balaban J connectivity index is 1.94. The number of alkyl halides is 3. The third kappa shape index (κ3) is 5.18. The molecule has 2 aromatic rings. The minimum Gasteiger partial charge on any atom is -0.505 e. The van der Waals surface area contributed by atoms with Gasteiger partial charge in [0.25, 0.3) is 17.1 Å². The zero-order valence-electron chi connectivity index (χ0n) is 18.1. The Bertz CT molecular complexity index is 1160. The molecule has 13 heteroatoms. The van der Waals surface area contributed by atoms with Crippen molar-refractivity contribution in [2.45, 2.75) is 32.5 Å². The quantitative estimate of drug-likeness (QED) is 0.557. The Labute approximate surface area is 190 Å². The van der Waals surface area contributed by atoms with E-state index in [1.807, 2.05) is 6.92 Å². The maximum Gasteiger partial charge on any atom is 0.417 e. The molecular formula is C20H22F3N5O4S. The number of aryl methyl sites for hydroxylation is 1. The van der Waals surface area contributed by atoms with Crippen LogP contribution in [0.5, 0.6) is 5.75 Å². The van der Waals surface area contributed by atoms with Gasteiger partial charge in [-0.15, -0.1) is 8.80 Å². The second kappa shape index (κ2) is 9.25. The summed E-state index contributed by atoms with van der Waals surface area (Å²) in [5, 5.41) is 16.2. The second-order valence-electron chi connectivity index (χ2n) is 7.37. The molecule has 2 heterocycles. The number of carbonyl (C=O) groups is 1. The first kappa shape index (κ1) is 24.3. The van der Waals surface area contributed by atoms with Crippen LogP contribution in [0.15, 0.2) is 37.5 Å². The number of hydrogen-bond donors (Lipinski definition) is 3. The standard InChI is InChI=1S/C20H22F3N5O4S/c1-5-12(14-9-6-10(2)32-14)24-17-18(27-33(31)26-17)25-13-8-7-11(20(21,22)23)15(16(13)29)19(30)28(3)4/h6-9,12,29H,5H2,1-4H3,(H,24,26)(H,25,27)/t12-,33?/m1/s1. The van der Waals surface area contributed by atoms with E-state index in [0.717, 1.165) is 11.0 Å². The summed E-state index contributed by atoms with van der Waals surface area (Å²) in [5.74, 6) is -0.668. The van der Waals surface area contributed by atoms with Crippen LogP contribution >= 0.6 is 0 Å². The molecule has 0 bridgehead atoms. The Morgan fingerprint density at radius 1 is 1.21 bits per heavy atom. The summed E-state index contributed by atoms with van der Waals surface area (Å²) in [7, 11) is 2.53. The summed E-state index contributed by atoms with van der Waals surface area (Å²) < 4.78 is 65.6. The van der Waals surface area contributed by atoms with Crippen molar-refractivity contribution in [3.8, 4) is 5.75 Å². The van der Waals surface area contributed by atoms with Crippen LogP contribution in [0.2, 0.25) is 0 Å². The zero-order valence-corrected chi connectivity index (χ0v) is 19.0. The van der Waals surface area contributed by atoms with E-state index < -0.39 is 40.1 Å². The van der Waals surface area contributed by atoms with Crippen LogP contribution < -0.4 is 10.6 Å². The van der Waals surface area contributed by atoms with Gasteiger partial charge in [-0.2, -0.15) is 13.2 Å². The predicted octanol–water partition coefficient (Wildman–Crippen LogP) is 3.56. The highest BCUT2D eigenvalue weighted by atomic mass is 32.2. The van der Waals surface area contributed by atoms with Crippen LogP contribution in [0.1, 0.15) is 46.8 Å². The molecule has 0 saturated heterocycles. The molecular weight excluding hydrogens is 463 g/mol. The number of nitrogens with zero attached hydrogens (tertiary/aromatic N) is 3. The number of furan rings is 1. The number of nitrogens with one attached hydrogen (secondary N) is 2. The van der Waals surface area contributed by atoms with E-state index in [1.54, 1.807) is 19.1 Å². The third-order valence-electron chi connectivity index (χ3n) is 4.74. The molecule has 1 unspecified atom stereocenters. The number of aromatic hydroxyl groups is 1. The van der Waals surface area contributed by atoms with E-state index in [-0.39, 0.29) is 23.4 Å². The molecule has 1 aliphatic rings. The third-order valence-corrected chi connectivity index (χ3v) is 5.42. The number of amidine groups is 2. The average Bonchev–Trinajstić information content (AvgIpc) is 3.30. The first-order valence-electron chi connectivity index (χ1n) is 9.76. The molecule has 1 aromatic carbocycles. The van der Waals surface area contributed by atoms with Crippen LogP contribution in [-0.4, -0.2) is 45.9 Å². The van der Waals surface area contributed by atoms with E-state index in [9.17, 15) is 27.3 Å². The van der Waals surface area contributed by atoms with Crippen LogP contribution in [0.4, 0.5) is 18.9 Å². The average molecular weight is 485 g/mol. The number of phenols is 1. The van der Waals surface area contributed by atoms with Gasteiger partial charge in [-0.3, -0.25) is 4.79 Å². The summed E-state index contributed by atoms with van der Waals surface area (Å²) in [5.41, 5.74) is -2.43. The van der Waals surface area contributed by atoms with Crippen molar-refractivity contribution in [1.82, 2.24) is 10.2 Å². The van der Waals surface area contributed by atoms with Gasteiger partial charge in [0.05, 0.1) is 22.9 Å². The maximum atomic E-state index is 13.4. The first-order valence-corrected chi connectivity index (χ1v) is 10.8. The lowest BCUT2D eigenvalue weighted by atomic mass is 10.0. The van der Waals surface area contributed by atoms with Crippen molar-refractivity contribution in [2.75, 3.05) is 19.4 Å². The lowest BCUT2D eigenvalue weighted by molar-refractivity contribution is -0.138. The fourth-order valence-corrected chi connectivity index (χ4v) is 3.74. The van der Waals surface area contributed by atoms with Gasteiger partial charge in [0.2, 0.25) is 0 Å².